The van der Waals surface area contributed by atoms with Crippen LogP contribution >= 0.6 is 0 Å². The van der Waals surface area contributed by atoms with Gasteiger partial charge in [0.15, 0.2) is 0 Å². The Morgan fingerprint density at radius 1 is 1.36 bits per heavy atom. The Labute approximate surface area is 84.1 Å². The molecule has 2 nitrogen and oxygen atoms in total. The largest absolute Gasteiger partial charge is 0.320 e. The van der Waals surface area contributed by atoms with Crippen molar-refractivity contribution < 1.29 is 4.79 Å². The van der Waals surface area contributed by atoms with Crippen LogP contribution in [0.25, 0.3) is 0 Å². The highest BCUT2D eigenvalue weighted by atomic mass is 16.1. The molecule has 0 fully saturated rings. The van der Waals surface area contributed by atoms with E-state index in [2.05, 4.69) is 11.8 Å². The second-order valence-electron chi connectivity index (χ2n) is 3.08. The van der Waals surface area contributed by atoms with Crippen molar-refractivity contribution in [2.24, 2.45) is 5.73 Å². The Hall–Kier alpha value is -1.59. The monoisotopic (exact) mass is 187 g/mol. The number of hydrogen-bond acceptors (Lipinski definition) is 2. The maximum atomic E-state index is 10.8. The van der Waals surface area contributed by atoms with Crippen LogP contribution in [0.1, 0.15) is 18.1 Å². The molecule has 0 radical (unpaired) electrons. The minimum atomic E-state index is 0.172. The summed E-state index contributed by atoms with van der Waals surface area (Å²) in [6.45, 7) is 1.96. The van der Waals surface area contributed by atoms with Crippen molar-refractivity contribution in [3.8, 4) is 11.8 Å². The number of rotatable bonds is 2. The minimum absolute atomic E-state index is 0.172. The van der Waals surface area contributed by atoms with Gasteiger partial charge in [0.2, 0.25) is 0 Å². The first-order valence-corrected chi connectivity index (χ1v) is 4.49. The van der Waals surface area contributed by atoms with Crippen LogP contribution < -0.4 is 5.73 Å². The van der Waals surface area contributed by atoms with Gasteiger partial charge in [-0.3, -0.25) is 4.79 Å². The van der Waals surface area contributed by atoms with E-state index in [9.17, 15) is 4.79 Å². The molecule has 0 aliphatic heterocycles. The first-order chi connectivity index (χ1) is 6.72. The highest BCUT2D eigenvalue weighted by molar-refractivity contribution is 5.78. The highest BCUT2D eigenvalue weighted by Crippen LogP contribution is 2.04. The van der Waals surface area contributed by atoms with E-state index in [0.29, 0.717) is 13.0 Å². The van der Waals surface area contributed by atoms with Crippen molar-refractivity contribution in [1.29, 1.82) is 0 Å². The Morgan fingerprint density at radius 3 is 2.50 bits per heavy atom. The standard InChI is InChI=1S/C12H13NO/c1-10(14)9-12-6-4-11(5-7-12)3-2-8-13/h4-7H,8-9,13H2,1H3. The summed E-state index contributed by atoms with van der Waals surface area (Å²) in [6.07, 6.45) is 0.491. The Balaban J connectivity index is 2.73. The molecule has 0 aliphatic rings. The van der Waals surface area contributed by atoms with Gasteiger partial charge in [-0.1, -0.05) is 24.0 Å². The lowest BCUT2D eigenvalue weighted by atomic mass is 10.1. The summed E-state index contributed by atoms with van der Waals surface area (Å²) in [5.41, 5.74) is 7.21. The van der Waals surface area contributed by atoms with Crippen LogP contribution in [-0.2, 0) is 11.2 Å². The molecule has 0 saturated heterocycles. The fourth-order valence-electron chi connectivity index (χ4n) is 1.15. The van der Waals surface area contributed by atoms with E-state index in [4.69, 9.17) is 5.73 Å². The topological polar surface area (TPSA) is 43.1 Å². The SMILES string of the molecule is CC(=O)Cc1ccc(C#CCN)cc1. The molecule has 1 rings (SSSR count). The van der Waals surface area contributed by atoms with Gasteiger partial charge in [-0.25, -0.2) is 0 Å². The van der Waals surface area contributed by atoms with Gasteiger partial charge in [-0.2, -0.15) is 0 Å². The van der Waals surface area contributed by atoms with Crippen molar-refractivity contribution in [3.63, 3.8) is 0 Å². The Kier molecular flexibility index (Phi) is 3.90. The second-order valence-corrected chi connectivity index (χ2v) is 3.08. The average molecular weight is 187 g/mol. The fraction of sp³-hybridized carbons (Fsp3) is 0.250. The first-order valence-electron chi connectivity index (χ1n) is 4.49. The highest BCUT2D eigenvalue weighted by Gasteiger charge is 1.96. The molecule has 0 amide bonds. The predicted octanol–water partition coefficient (Wildman–Crippen LogP) is 1.13. The molecular weight excluding hydrogens is 174 g/mol. The van der Waals surface area contributed by atoms with E-state index in [0.717, 1.165) is 11.1 Å². The molecule has 1 aromatic rings. The van der Waals surface area contributed by atoms with Crippen LogP contribution in [0.15, 0.2) is 24.3 Å². The lowest BCUT2D eigenvalue weighted by Gasteiger charge is -1.96. The normalized spacial score (nSPS) is 9.00. The zero-order valence-corrected chi connectivity index (χ0v) is 8.21. The van der Waals surface area contributed by atoms with Crippen LogP contribution in [-0.4, -0.2) is 12.3 Å². The molecular formula is C12H13NO. The third kappa shape index (κ3) is 3.42. The Morgan fingerprint density at radius 2 is 2.00 bits per heavy atom. The molecule has 0 atom stereocenters. The number of ketones is 1. The van der Waals surface area contributed by atoms with Crippen molar-refractivity contribution in [2.45, 2.75) is 13.3 Å². The molecule has 0 heterocycles. The third-order valence-electron chi connectivity index (χ3n) is 1.74. The summed E-state index contributed by atoms with van der Waals surface area (Å²) in [5.74, 6) is 5.87. The zero-order valence-electron chi connectivity index (χ0n) is 8.21. The maximum Gasteiger partial charge on any atom is 0.134 e. The fourth-order valence-corrected chi connectivity index (χ4v) is 1.15. The van der Waals surface area contributed by atoms with Crippen LogP contribution in [0.3, 0.4) is 0 Å². The molecule has 0 unspecified atom stereocenters. The zero-order chi connectivity index (χ0) is 10.4. The molecule has 0 saturated carbocycles. The lowest BCUT2D eigenvalue weighted by Crippen LogP contribution is -1.96. The molecule has 14 heavy (non-hydrogen) atoms. The molecule has 0 aliphatic carbocycles. The van der Waals surface area contributed by atoms with Gasteiger partial charge < -0.3 is 5.73 Å². The van der Waals surface area contributed by atoms with Crippen LogP contribution in [0.4, 0.5) is 0 Å². The van der Waals surface area contributed by atoms with E-state index in [1.807, 2.05) is 24.3 Å². The van der Waals surface area contributed by atoms with Gasteiger partial charge in [0.1, 0.15) is 5.78 Å². The van der Waals surface area contributed by atoms with Gasteiger partial charge >= 0.3 is 0 Å². The summed E-state index contributed by atoms with van der Waals surface area (Å²) in [7, 11) is 0. The van der Waals surface area contributed by atoms with E-state index >= 15 is 0 Å². The number of carbonyl (C=O) groups excluding carboxylic acids is 1. The van der Waals surface area contributed by atoms with E-state index in [-0.39, 0.29) is 5.78 Å². The van der Waals surface area contributed by atoms with Crippen molar-refractivity contribution in [3.05, 3.63) is 35.4 Å². The predicted molar refractivity (Wildman–Crippen MR) is 56.8 cm³/mol. The van der Waals surface area contributed by atoms with Gasteiger partial charge in [0.05, 0.1) is 6.54 Å². The van der Waals surface area contributed by atoms with Crippen molar-refractivity contribution in [1.82, 2.24) is 0 Å². The van der Waals surface area contributed by atoms with Crippen molar-refractivity contribution >= 4 is 5.78 Å². The number of carbonyl (C=O) groups is 1. The molecule has 2 N–H and O–H groups in total. The van der Waals surface area contributed by atoms with Gasteiger partial charge in [0.25, 0.3) is 0 Å². The van der Waals surface area contributed by atoms with Crippen LogP contribution in [0, 0.1) is 11.8 Å². The maximum absolute atomic E-state index is 10.8. The summed E-state index contributed by atoms with van der Waals surface area (Å²) in [5, 5.41) is 0. The average Bonchev–Trinajstić information content (AvgIpc) is 2.16. The van der Waals surface area contributed by atoms with Crippen LogP contribution in [0.5, 0.6) is 0 Å². The van der Waals surface area contributed by atoms with E-state index in [1.54, 1.807) is 6.92 Å². The summed E-state index contributed by atoms with van der Waals surface area (Å²) in [6, 6.07) is 7.64. The van der Waals surface area contributed by atoms with Gasteiger partial charge in [0, 0.05) is 12.0 Å². The van der Waals surface area contributed by atoms with E-state index < -0.39 is 0 Å². The van der Waals surface area contributed by atoms with Crippen molar-refractivity contribution in [2.75, 3.05) is 6.54 Å². The Bertz CT molecular complexity index is 368. The molecule has 0 spiro atoms. The third-order valence-corrected chi connectivity index (χ3v) is 1.74. The molecule has 1 aromatic carbocycles. The summed E-state index contributed by atoms with van der Waals surface area (Å²) >= 11 is 0. The molecule has 0 bridgehead atoms. The number of Topliss-reactive ketones (excluding diaryl/α,β-unsaturated/α-hetero) is 1. The smallest absolute Gasteiger partial charge is 0.134 e. The second kappa shape index (κ2) is 5.21. The van der Waals surface area contributed by atoms with Gasteiger partial charge in [-0.15, -0.1) is 0 Å². The number of hydrogen-bond donors (Lipinski definition) is 1. The van der Waals surface area contributed by atoms with Crippen LogP contribution in [0.2, 0.25) is 0 Å². The first kappa shape index (κ1) is 10.5. The minimum Gasteiger partial charge on any atom is -0.320 e. The lowest BCUT2D eigenvalue weighted by molar-refractivity contribution is -0.116. The molecule has 72 valence electrons. The number of nitrogens with two attached hydrogens (primary N) is 1. The molecule has 0 aromatic heterocycles. The molecule has 2 heteroatoms. The van der Waals surface area contributed by atoms with Gasteiger partial charge in [-0.05, 0) is 24.6 Å². The number of benzene rings is 1. The summed E-state index contributed by atoms with van der Waals surface area (Å²) in [4.78, 5) is 10.8. The quantitative estimate of drug-likeness (QED) is 0.705. The summed E-state index contributed by atoms with van der Waals surface area (Å²) < 4.78 is 0. The van der Waals surface area contributed by atoms with E-state index in [1.165, 1.54) is 0 Å².